The van der Waals surface area contributed by atoms with Crippen molar-refractivity contribution < 1.29 is 9.90 Å². The summed E-state index contributed by atoms with van der Waals surface area (Å²) in [6, 6.07) is 1.60. The highest BCUT2D eigenvalue weighted by Crippen LogP contribution is 2.15. The van der Waals surface area contributed by atoms with Crippen molar-refractivity contribution in [3.8, 4) is 0 Å². The number of aryl methyl sites for hydroxylation is 1. The Kier molecular flexibility index (Phi) is 4.56. The second-order valence-corrected chi connectivity index (χ2v) is 3.80. The number of carbonyl (C=O) groups is 1. The molecule has 0 fully saturated rings. The zero-order chi connectivity index (χ0) is 11.3. The van der Waals surface area contributed by atoms with E-state index in [9.17, 15) is 4.79 Å². The van der Waals surface area contributed by atoms with E-state index < -0.39 is 5.97 Å². The third-order valence-electron chi connectivity index (χ3n) is 2.20. The standard InChI is InChI=1S/C11H14ClNO2/c1-2-3-4-5-8-6-9(11(14)15)10(12)13-7-8/h6-7H,2-5H2,1H3,(H,14,15). The highest BCUT2D eigenvalue weighted by molar-refractivity contribution is 6.32. The van der Waals surface area contributed by atoms with Gasteiger partial charge in [-0.25, -0.2) is 9.78 Å². The molecule has 0 unspecified atom stereocenters. The van der Waals surface area contributed by atoms with E-state index in [1.807, 2.05) is 0 Å². The van der Waals surface area contributed by atoms with E-state index in [0.717, 1.165) is 31.2 Å². The summed E-state index contributed by atoms with van der Waals surface area (Å²) in [6.07, 6.45) is 5.85. The van der Waals surface area contributed by atoms with E-state index in [1.165, 1.54) is 0 Å². The summed E-state index contributed by atoms with van der Waals surface area (Å²) in [6.45, 7) is 2.13. The highest BCUT2D eigenvalue weighted by Gasteiger charge is 2.10. The van der Waals surface area contributed by atoms with Crippen LogP contribution in [0.5, 0.6) is 0 Å². The van der Waals surface area contributed by atoms with Crippen LogP contribution < -0.4 is 0 Å². The first-order chi connectivity index (χ1) is 7.15. The number of hydrogen-bond acceptors (Lipinski definition) is 2. The first-order valence-electron chi connectivity index (χ1n) is 5.03. The van der Waals surface area contributed by atoms with Crippen molar-refractivity contribution >= 4 is 17.6 Å². The average molecular weight is 228 g/mol. The van der Waals surface area contributed by atoms with Crippen LogP contribution in [0.1, 0.15) is 42.1 Å². The minimum Gasteiger partial charge on any atom is -0.478 e. The van der Waals surface area contributed by atoms with Crippen LogP contribution in [0, 0.1) is 0 Å². The Bertz CT molecular complexity index is 352. The fourth-order valence-corrected chi connectivity index (χ4v) is 1.54. The first-order valence-corrected chi connectivity index (χ1v) is 5.40. The summed E-state index contributed by atoms with van der Waals surface area (Å²) in [5, 5.41) is 8.89. The molecule has 0 aliphatic rings. The van der Waals surface area contributed by atoms with Gasteiger partial charge in [0.15, 0.2) is 0 Å². The Morgan fingerprint density at radius 3 is 2.87 bits per heavy atom. The summed E-state index contributed by atoms with van der Waals surface area (Å²) in [5.74, 6) is -1.02. The summed E-state index contributed by atoms with van der Waals surface area (Å²) in [5.41, 5.74) is 1.02. The number of aromatic carboxylic acids is 1. The van der Waals surface area contributed by atoms with Gasteiger partial charge in [-0.3, -0.25) is 0 Å². The Hall–Kier alpha value is -1.09. The van der Waals surface area contributed by atoms with Crippen molar-refractivity contribution in [2.24, 2.45) is 0 Å². The molecule has 1 aromatic heterocycles. The topological polar surface area (TPSA) is 50.2 Å². The van der Waals surface area contributed by atoms with Gasteiger partial charge in [0.05, 0.1) is 5.56 Å². The van der Waals surface area contributed by atoms with Crippen molar-refractivity contribution in [2.45, 2.75) is 32.6 Å². The molecule has 1 rings (SSSR count). The van der Waals surface area contributed by atoms with Crippen LogP contribution in [0.2, 0.25) is 5.15 Å². The lowest BCUT2D eigenvalue weighted by Crippen LogP contribution is -2.01. The summed E-state index contributed by atoms with van der Waals surface area (Å²) >= 11 is 5.66. The number of pyridine rings is 1. The summed E-state index contributed by atoms with van der Waals surface area (Å²) in [4.78, 5) is 14.6. The van der Waals surface area contributed by atoms with E-state index in [0.29, 0.717) is 0 Å². The molecule has 0 bridgehead atoms. The van der Waals surface area contributed by atoms with Gasteiger partial charge in [-0.2, -0.15) is 0 Å². The van der Waals surface area contributed by atoms with Crippen LogP contribution in [-0.4, -0.2) is 16.1 Å². The number of halogens is 1. The Morgan fingerprint density at radius 1 is 1.53 bits per heavy atom. The van der Waals surface area contributed by atoms with Crippen molar-refractivity contribution in [2.75, 3.05) is 0 Å². The number of carboxylic acids is 1. The molecule has 0 radical (unpaired) electrons. The first kappa shape index (κ1) is 12.0. The van der Waals surface area contributed by atoms with E-state index in [2.05, 4.69) is 11.9 Å². The van der Waals surface area contributed by atoms with Gasteiger partial charge in [0.25, 0.3) is 0 Å². The van der Waals surface area contributed by atoms with Gasteiger partial charge in [0.2, 0.25) is 0 Å². The molecule has 0 aromatic carbocycles. The molecule has 0 atom stereocenters. The molecule has 0 amide bonds. The molecule has 0 spiro atoms. The average Bonchev–Trinajstić information content (AvgIpc) is 2.20. The maximum atomic E-state index is 10.8. The predicted molar refractivity (Wildman–Crippen MR) is 59.4 cm³/mol. The molecule has 0 saturated carbocycles. The van der Waals surface area contributed by atoms with E-state index in [-0.39, 0.29) is 10.7 Å². The normalized spacial score (nSPS) is 10.3. The molecule has 4 heteroatoms. The molecule has 0 saturated heterocycles. The van der Waals surface area contributed by atoms with E-state index >= 15 is 0 Å². The molecule has 0 aliphatic heterocycles. The smallest absolute Gasteiger partial charge is 0.338 e. The lowest BCUT2D eigenvalue weighted by atomic mass is 10.1. The summed E-state index contributed by atoms with van der Waals surface area (Å²) < 4.78 is 0. The molecule has 82 valence electrons. The maximum Gasteiger partial charge on any atom is 0.338 e. The van der Waals surface area contributed by atoms with Crippen LogP contribution in [0.25, 0.3) is 0 Å². The van der Waals surface area contributed by atoms with E-state index in [4.69, 9.17) is 16.7 Å². The number of hydrogen-bond donors (Lipinski definition) is 1. The van der Waals surface area contributed by atoms with Crippen LogP contribution in [-0.2, 0) is 6.42 Å². The number of nitrogens with zero attached hydrogens (tertiary/aromatic N) is 1. The van der Waals surface area contributed by atoms with Crippen molar-refractivity contribution in [3.63, 3.8) is 0 Å². The third kappa shape index (κ3) is 3.51. The van der Waals surface area contributed by atoms with Gasteiger partial charge in [-0.05, 0) is 24.5 Å². The van der Waals surface area contributed by atoms with Gasteiger partial charge in [-0.1, -0.05) is 31.4 Å². The minimum atomic E-state index is -1.02. The van der Waals surface area contributed by atoms with Crippen LogP contribution >= 0.6 is 11.6 Å². The van der Waals surface area contributed by atoms with Gasteiger partial charge >= 0.3 is 5.97 Å². The molecular weight excluding hydrogens is 214 g/mol. The molecular formula is C11H14ClNO2. The van der Waals surface area contributed by atoms with Gasteiger partial charge in [-0.15, -0.1) is 0 Å². The van der Waals surface area contributed by atoms with Crippen LogP contribution in [0.3, 0.4) is 0 Å². The Balaban J connectivity index is 2.74. The zero-order valence-corrected chi connectivity index (χ0v) is 9.42. The Labute approximate surface area is 94.1 Å². The van der Waals surface area contributed by atoms with E-state index in [1.54, 1.807) is 12.3 Å². The third-order valence-corrected chi connectivity index (χ3v) is 2.50. The maximum absolute atomic E-state index is 10.8. The number of aromatic nitrogens is 1. The zero-order valence-electron chi connectivity index (χ0n) is 8.66. The van der Waals surface area contributed by atoms with Gasteiger partial charge < -0.3 is 5.11 Å². The largest absolute Gasteiger partial charge is 0.478 e. The number of unbranched alkanes of at least 4 members (excludes halogenated alkanes) is 2. The molecule has 1 heterocycles. The second-order valence-electron chi connectivity index (χ2n) is 3.44. The van der Waals surface area contributed by atoms with Crippen LogP contribution in [0.4, 0.5) is 0 Å². The lowest BCUT2D eigenvalue weighted by Gasteiger charge is -2.03. The van der Waals surface area contributed by atoms with Gasteiger partial charge in [0.1, 0.15) is 5.15 Å². The van der Waals surface area contributed by atoms with Crippen LogP contribution in [0.15, 0.2) is 12.3 Å². The Morgan fingerprint density at radius 2 is 2.27 bits per heavy atom. The fourth-order valence-electron chi connectivity index (χ4n) is 1.36. The van der Waals surface area contributed by atoms with Crippen molar-refractivity contribution in [3.05, 3.63) is 28.5 Å². The number of carboxylic acid groups (broad SMARTS) is 1. The predicted octanol–water partition coefficient (Wildman–Crippen LogP) is 3.17. The SMILES string of the molecule is CCCCCc1cnc(Cl)c(C(=O)O)c1. The lowest BCUT2D eigenvalue weighted by molar-refractivity contribution is 0.0696. The molecule has 1 aromatic rings. The van der Waals surface area contributed by atoms with Crippen molar-refractivity contribution in [1.82, 2.24) is 4.98 Å². The van der Waals surface area contributed by atoms with Gasteiger partial charge in [0, 0.05) is 6.20 Å². The number of rotatable bonds is 5. The fraction of sp³-hybridized carbons (Fsp3) is 0.455. The molecule has 1 N–H and O–H groups in total. The molecule has 0 aliphatic carbocycles. The quantitative estimate of drug-likeness (QED) is 0.621. The molecule has 3 nitrogen and oxygen atoms in total. The highest BCUT2D eigenvalue weighted by atomic mass is 35.5. The monoisotopic (exact) mass is 227 g/mol. The second kappa shape index (κ2) is 5.71. The summed E-state index contributed by atoms with van der Waals surface area (Å²) in [7, 11) is 0. The van der Waals surface area contributed by atoms with Crippen molar-refractivity contribution in [1.29, 1.82) is 0 Å². The minimum absolute atomic E-state index is 0.0572. The molecule has 15 heavy (non-hydrogen) atoms.